The van der Waals surface area contributed by atoms with Crippen LogP contribution < -0.4 is 4.72 Å². The lowest BCUT2D eigenvalue weighted by molar-refractivity contribution is 0.158. The van der Waals surface area contributed by atoms with E-state index in [1.54, 1.807) is 6.92 Å². The fraction of sp³-hybridized carbons (Fsp3) is 0.875. The highest BCUT2D eigenvalue weighted by Crippen LogP contribution is 2.21. The lowest BCUT2D eigenvalue weighted by Crippen LogP contribution is -2.46. The van der Waals surface area contributed by atoms with Crippen LogP contribution in [0, 0.1) is 0 Å². The first-order valence-corrected chi connectivity index (χ1v) is 7.59. The molecular weight excluding hydrogens is 300 g/mol. The zero-order chi connectivity index (χ0) is 12.2. The van der Waals surface area contributed by atoms with Crippen LogP contribution >= 0.6 is 15.9 Å². The molecule has 0 aromatic carbocycles. The topological polar surface area (TPSA) is 75.7 Å². The summed E-state index contributed by atoms with van der Waals surface area (Å²) in [7, 11) is -3.76. The van der Waals surface area contributed by atoms with Crippen LogP contribution in [0.2, 0.25) is 0 Å². The second kappa shape index (κ2) is 5.83. The second-order valence-electron chi connectivity index (χ2n) is 3.39. The number of nitrogens with zero attached hydrogens (tertiary/aromatic N) is 1. The van der Waals surface area contributed by atoms with Crippen LogP contribution in [0.4, 0.5) is 4.79 Å². The maximum Gasteiger partial charge on any atom is 0.421 e. The first kappa shape index (κ1) is 13.7. The van der Waals surface area contributed by atoms with Gasteiger partial charge in [0.1, 0.15) is 0 Å². The van der Waals surface area contributed by atoms with Gasteiger partial charge in [-0.25, -0.2) is 9.52 Å². The smallest absolute Gasteiger partial charge is 0.421 e. The van der Waals surface area contributed by atoms with Gasteiger partial charge in [-0.15, -0.1) is 0 Å². The van der Waals surface area contributed by atoms with Crippen LogP contribution in [0.1, 0.15) is 19.8 Å². The number of hydrogen-bond acceptors (Lipinski definition) is 4. The molecule has 1 aliphatic heterocycles. The van der Waals surface area contributed by atoms with Gasteiger partial charge in [-0.2, -0.15) is 12.7 Å². The largest absolute Gasteiger partial charge is 0.449 e. The number of carbonyl (C=O) groups excluding carboxylic acids is 1. The highest BCUT2D eigenvalue weighted by atomic mass is 79.9. The Morgan fingerprint density at radius 1 is 1.62 bits per heavy atom. The molecule has 1 atom stereocenters. The molecule has 1 amide bonds. The van der Waals surface area contributed by atoms with Crippen molar-refractivity contribution in [2.75, 3.05) is 18.5 Å². The SMILES string of the molecule is CCOC(=O)NS(=O)(=O)N1CCCC1CBr. The van der Waals surface area contributed by atoms with E-state index in [2.05, 4.69) is 20.7 Å². The average Bonchev–Trinajstić information content (AvgIpc) is 2.65. The molecule has 16 heavy (non-hydrogen) atoms. The van der Waals surface area contributed by atoms with E-state index in [4.69, 9.17) is 0 Å². The zero-order valence-electron chi connectivity index (χ0n) is 8.98. The van der Waals surface area contributed by atoms with E-state index in [1.165, 1.54) is 4.31 Å². The minimum absolute atomic E-state index is 0.0908. The predicted molar refractivity (Wildman–Crippen MR) is 62.6 cm³/mol. The van der Waals surface area contributed by atoms with Crippen molar-refractivity contribution in [3.63, 3.8) is 0 Å². The summed E-state index contributed by atoms with van der Waals surface area (Å²) in [6, 6.07) is -0.0908. The Balaban J connectivity index is 2.66. The number of halogens is 1. The van der Waals surface area contributed by atoms with Gasteiger partial charge in [-0.05, 0) is 19.8 Å². The summed E-state index contributed by atoms with van der Waals surface area (Å²) in [5, 5.41) is 0.566. The molecule has 0 spiro atoms. The summed E-state index contributed by atoms with van der Waals surface area (Å²) < 4.78 is 31.3. The molecule has 1 saturated heterocycles. The molecule has 1 heterocycles. The van der Waals surface area contributed by atoms with E-state index in [-0.39, 0.29) is 12.6 Å². The number of ether oxygens (including phenoxy) is 1. The van der Waals surface area contributed by atoms with E-state index < -0.39 is 16.3 Å². The molecule has 0 radical (unpaired) electrons. The molecule has 0 aliphatic carbocycles. The molecule has 0 bridgehead atoms. The third-order valence-corrected chi connectivity index (χ3v) is 4.57. The third-order valence-electron chi connectivity index (χ3n) is 2.30. The molecule has 8 heteroatoms. The summed E-state index contributed by atoms with van der Waals surface area (Å²) in [5.74, 6) is 0. The Bertz CT molecular complexity index is 346. The molecule has 0 saturated carbocycles. The van der Waals surface area contributed by atoms with Crippen LogP contribution in [0.25, 0.3) is 0 Å². The van der Waals surface area contributed by atoms with Gasteiger partial charge >= 0.3 is 16.3 Å². The van der Waals surface area contributed by atoms with Crippen molar-refractivity contribution in [1.82, 2.24) is 9.03 Å². The van der Waals surface area contributed by atoms with Crippen LogP contribution in [-0.2, 0) is 14.9 Å². The molecule has 1 N–H and O–H groups in total. The van der Waals surface area contributed by atoms with Gasteiger partial charge in [0.25, 0.3) is 0 Å². The second-order valence-corrected chi connectivity index (χ2v) is 5.66. The Kier molecular flexibility index (Phi) is 5.00. The van der Waals surface area contributed by atoms with E-state index in [1.807, 2.05) is 4.72 Å². The molecule has 0 aromatic heterocycles. The van der Waals surface area contributed by atoms with E-state index in [0.29, 0.717) is 11.9 Å². The number of carbonyl (C=O) groups is 1. The minimum Gasteiger partial charge on any atom is -0.449 e. The molecular formula is C8H15BrN2O4S. The van der Waals surface area contributed by atoms with Gasteiger partial charge in [0.15, 0.2) is 0 Å². The normalized spacial score (nSPS) is 22.0. The first-order chi connectivity index (χ1) is 7.51. The minimum atomic E-state index is -3.76. The summed E-state index contributed by atoms with van der Waals surface area (Å²) >= 11 is 3.26. The van der Waals surface area contributed by atoms with Gasteiger partial charge in [0, 0.05) is 17.9 Å². The summed E-state index contributed by atoms with van der Waals surface area (Å²) in [4.78, 5) is 11.1. The van der Waals surface area contributed by atoms with Gasteiger partial charge < -0.3 is 4.74 Å². The number of amides is 1. The summed E-state index contributed by atoms with van der Waals surface area (Å²) in [5.41, 5.74) is 0. The van der Waals surface area contributed by atoms with Crippen LogP contribution in [-0.4, -0.2) is 43.3 Å². The van der Waals surface area contributed by atoms with Crippen molar-refractivity contribution in [2.24, 2.45) is 0 Å². The van der Waals surface area contributed by atoms with Crippen molar-refractivity contribution in [3.05, 3.63) is 0 Å². The van der Waals surface area contributed by atoms with Gasteiger partial charge in [-0.1, -0.05) is 15.9 Å². The molecule has 1 aliphatic rings. The number of alkyl halides is 1. The van der Waals surface area contributed by atoms with E-state index in [9.17, 15) is 13.2 Å². The average molecular weight is 315 g/mol. The van der Waals surface area contributed by atoms with Crippen molar-refractivity contribution in [1.29, 1.82) is 0 Å². The van der Waals surface area contributed by atoms with Crippen LogP contribution in [0.3, 0.4) is 0 Å². The van der Waals surface area contributed by atoms with E-state index >= 15 is 0 Å². The molecule has 1 fully saturated rings. The standard InChI is InChI=1S/C8H15BrN2O4S/c1-2-15-8(12)10-16(13,14)11-5-3-4-7(11)6-9/h7H,2-6H2,1H3,(H,10,12). The first-order valence-electron chi connectivity index (χ1n) is 5.03. The number of hydrogen-bond donors (Lipinski definition) is 1. The summed E-state index contributed by atoms with van der Waals surface area (Å²) in [6.45, 7) is 2.19. The van der Waals surface area contributed by atoms with Crippen molar-refractivity contribution < 1.29 is 17.9 Å². The highest BCUT2D eigenvalue weighted by Gasteiger charge is 2.34. The van der Waals surface area contributed by atoms with Crippen molar-refractivity contribution in [3.8, 4) is 0 Å². The van der Waals surface area contributed by atoms with Gasteiger partial charge in [-0.3, -0.25) is 0 Å². The molecule has 1 rings (SSSR count). The van der Waals surface area contributed by atoms with Gasteiger partial charge in [0.05, 0.1) is 6.61 Å². The van der Waals surface area contributed by atoms with Crippen LogP contribution in [0.15, 0.2) is 0 Å². The van der Waals surface area contributed by atoms with Crippen molar-refractivity contribution in [2.45, 2.75) is 25.8 Å². The molecule has 94 valence electrons. The third kappa shape index (κ3) is 3.33. The molecule has 1 unspecified atom stereocenters. The lowest BCUT2D eigenvalue weighted by atomic mass is 10.3. The number of rotatable bonds is 4. The molecule has 0 aromatic rings. The lowest BCUT2D eigenvalue weighted by Gasteiger charge is -2.21. The van der Waals surface area contributed by atoms with Gasteiger partial charge in [0.2, 0.25) is 0 Å². The Morgan fingerprint density at radius 2 is 2.31 bits per heavy atom. The Hall–Kier alpha value is -0.340. The predicted octanol–water partition coefficient (Wildman–Crippen LogP) is 0.837. The summed E-state index contributed by atoms with van der Waals surface area (Å²) in [6.07, 6.45) is 0.678. The Morgan fingerprint density at radius 3 is 2.88 bits per heavy atom. The van der Waals surface area contributed by atoms with E-state index in [0.717, 1.165) is 12.8 Å². The van der Waals surface area contributed by atoms with Crippen LogP contribution in [0.5, 0.6) is 0 Å². The fourth-order valence-corrected chi connectivity index (χ4v) is 3.80. The number of nitrogens with one attached hydrogen (secondary N) is 1. The zero-order valence-corrected chi connectivity index (χ0v) is 11.4. The fourth-order valence-electron chi connectivity index (χ4n) is 1.60. The maximum atomic E-state index is 11.8. The Labute approximate surface area is 104 Å². The maximum absolute atomic E-state index is 11.8. The van der Waals surface area contributed by atoms with Crippen molar-refractivity contribution >= 4 is 32.2 Å². The highest BCUT2D eigenvalue weighted by molar-refractivity contribution is 9.09. The quantitative estimate of drug-likeness (QED) is 0.780. The molecule has 6 nitrogen and oxygen atoms in total. The monoisotopic (exact) mass is 314 g/mol.